The van der Waals surface area contributed by atoms with Gasteiger partial charge in [0.15, 0.2) is 6.10 Å². The molecule has 0 radical (unpaired) electrons. The van der Waals surface area contributed by atoms with Crippen LogP contribution in [0.2, 0.25) is 0 Å². The first-order valence-electron chi connectivity index (χ1n) is 16.4. The Morgan fingerprint density at radius 1 is 0.952 bits per heavy atom. The summed E-state index contributed by atoms with van der Waals surface area (Å²) in [6, 6.07) is 12.3. The number of fused-ring (bicyclic) bond motifs is 5. The van der Waals surface area contributed by atoms with Gasteiger partial charge in [0.25, 0.3) is 0 Å². The molecule has 7 heteroatoms. The number of carbonyl (C=O) groups excluding carboxylic acids is 1. The van der Waals surface area contributed by atoms with Gasteiger partial charge in [-0.05, 0) is 67.6 Å². The minimum absolute atomic E-state index is 0. The SMILES string of the molecule is CC(=O)O[C@H]1[C@@H]([N+]2(C)CCOCC2)C[C@H]2[C@@H]3CC[C@H]4C[C@@H]([N+](C)(C)Cc5ccccc5)CC[C@]4(C)[C@H]3CC[C@@]21C.[I-].[I-]. The summed E-state index contributed by atoms with van der Waals surface area (Å²) in [7, 11) is 7.36. The van der Waals surface area contributed by atoms with E-state index in [0.29, 0.717) is 17.4 Å². The Hall–Kier alpha value is 0.0300. The van der Waals surface area contributed by atoms with Crippen molar-refractivity contribution < 1.29 is 71.2 Å². The standard InChI is InChI=1S/C35H56N2O3.2HI/c1-25(38)40-33-32(37(6)18-20-39-21-19-37)23-31-29-13-12-27-22-28(36(4,5)24-26-10-8-7-9-11-26)14-16-34(27,2)30(29)15-17-35(31,33)3;;/h7-11,27-33H,12-24H2,1-6H3;2*1H/q+2;;/p-2/t27-,28-,29+,30-,31-,32-,33-,34-,35-;;/m0../s1. The van der Waals surface area contributed by atoms with E-state index in [4.69, 9.17) is 9.47 Å². The fraction of sp³-hybridized carbons (Fsp3) is 0.800. The zero-order valence-corrected chi connectivity index (χ0v) is 31.3. The lowest BCUT2D eigenvalue weighted by Gasteiger charge is -2.61. The number of nitrogens with zero attached hydrogens (tertiary/aromatic N) is 2. The summed E-state index contributed by atoms with van der Waals surface area (Å²) in [5, 5.41) is 0. The Bertz CT molecular complexity index is 1080. The summed E-state index contributed by atoms with van der Waals surface area (Å²) in [6.45, 7) is 11.7. The van der Waals surface area contributed by atoms with Gasteiger partial charge in [0, 0.05) is 30.7 Å². The van der Waals surface area contributed by atoms with E-state index in [1.54, 1.807) is 6.92 Å². The summed E-state index contributed by atoms with van der Waals surface area (Å²) in [5.74, 6) is 3.01. The normalized spacial score (nSPS) is 40.8. The van der Waals surface area contributed by atoms with Crippen molar-refractivity contribution in [3.05, 3.63) is 35.9 Å². The number of morpholine rings is 1. The Morgan fingerprint density at radius 3 is 2.29 bits per heavy atom. The van der Waals surface area contributed by atoms with Gasteiger partial charge in [-0.15, -0.1) is 0 Å². The van der Waals surface area contributed by atoms with E-state index >= 15 is 0 Å². The lowest BCUT2D eigenvalue weighted by Crippen LogP contribution is -3.00. The van der Waals surface area contributed by atoms with Crippen molar-refractivity contribution in [3.63, 3.8) is 0 Å². The highest BCUT2D eigenvalue weighted by Crippen LogP contribution is 2.67. The van der Waals surface area contributed by atoms with Crippen LogP contribution >= 0.6 is 0 Å². The first-order valence-corrected chi connectivity index (χ1v) is 16.4. The van der Waals surface area contributed by atoms with Gasteiger partial charge < -0.3 is 66.4 Å². The van der Waals surface area contributed by atoms with Crippen molar-refractivity contribution in [2.75, 3.05) is 47.4 Å². The number of ether oxygens (including phenoxy) is 2. The van der Waals surface area contributed by atoms with Crippen molar-refractivity contribution in [2.24, 2.45) is 34.5 Å². The molecular weight excluding hydrogens is 750 g/mol. The highest BCUT2D eigenvalue weighted by Gasteiger charge is 2.67. The third kappa shape index (κ3) is 6.09. The lowest BCUT2D eigenvalue weighted by molar-refractivity contribution is -0.942. The topological polar surface area (TPSA) is 35.5 Å². The predicted molar refractivity (Wildman–Crippen MR) is 159 cm³/mol. The number of esters is 1. The van der Waals surface area contributed by atoms with Gasteiger partial charge in [0.1, 0.15) is 25.7 Å². The zero-order chi connectivity index (χ0) is 28.3. The molecule has 1 saturated heterocycles. The van der Waals surface area contributed by atoms with E-state index in [1.165, 1.54) is 56.9 Å². The molecule has 1 aromatic carbocycles. The first kappa shape index (κ1) is 34.9. The second-order valence-corrected chi connectivity index (χ2v) is 15.9. The maximum Gasteiger partial charge on any atom is 0.303 e. The second kappa shape index (κ2) is 13.0. The molecule has 6 rings (SSSR count). The fourth-order valence-corrected chi connectivity index (χ4v) is 11.1. The van der Waals surface area contributed by atoms with Gasteiger partial charge in [-0.2, -0.15) is 0 Å². The summed E-state index contributed by atoms with van der Waals surface area (Å²) in [6.07, 6.45) is 10.7. The monoisotopic (exact) mass is 806 g/mol. The molecule has 5 aliphatic rings. The van der Waals surface area contributed by atoms with Crippen LogP contribution in [0.3, 0.4) is 0 Å². The van der Waals surface area contributed by atoms with Crippen LogP contribution in [0, 0.1) is 34.5 Å². The molecule has 5 fully saturated rings. The number of hydrogen-bond donors (Lipinski definition) is 0. The number of quaternary nitrogens is 2. The molecule has 4 aliphatic carbocycles. The quantitative estimate of drug-likeness (QED) is 0.241. The number of rotatable bonds is 5. The van der Waals surface area contributed by atoms with E-state index in [2.05, 4.69) is 65.3 Å². The average Bonchev–Trinajstić information content (AvgIpc) is 3.21. The summed E-state index contributed by atoms with van der Waals surface area (Å²) < 4.78 is 14.2. The fourth-order valence-electron chi connectivity index (χ4n) is 11.1. The summed E-state index contributed by atoms with van der Waals surface area (Å²) in [5.41, 5.74) is 2.03. The smallest absolute Gasteiger partial charge is 0.303 e. The molecular formula is C35H56I2N2O3. The van der Waals surface area contributed by atoms with Crippen LogP contribution in [-0.2, 0) is 20.8 Å². The van der Waals surface area contributed by atoms with Crippen molar-refractivity contribution in [1.82, 2.24) is 0 Å². The Labute approximate surface area is 290 Å². The van der Waals surface area contributed by atoms with Crippen LogP contribution in [0.1, 0.15) is 77.7 Å². The van der Waals surface area contributed by atoms with E-state index in [0.717, 1.165) is 65.6 Å². The largest absolute Gasteiger partial charge is 1.00 e. The van der Waals surface area contributed by atoms with Crippen LogP contribution < -0.4 is 48.0 Å². The molecule has 42 heavy (non-hydrogen) atoms. The molecule has 0 bridgehead atoms. The highest BCUT2D eigenvalue weighted by molar-refractivity contribution is 5.66. The maximum atomic E-state index is 12.4. The summed E-state index contributed by atoms with van der Waals surface area (Å²) >= 11 is 0. The molecule has 5 nitrogen and oxygen atoms in total. The van der Waals surface area contributed by atoms with Gasteiger partial charge >= 0.3 is 5.97 Å². The Kier molecular flexibility index (Phi) is 10.8. The zero-order valence-electron chi connectivity index (χ0n) is 27.0. The molecule has 0 N–H and O–H groups in total. The van der Waals surface area contributed by atoms with Gasteiger partial charge in [0.05, 0.1) is 40.4 Å². The minimum Gasteiger partial charge on any atom is -1.00 e. The van der Waals surface area contributed by atoms with Gasteiger partial charge in [-0.3, -0.25) is 4.79 Å². The number of carbonyl (C=O) groups is 1. The third-order valence-corrected chi connectivity index (χ3v) is 13.6. The van der Waals surface area contributed by atoms with Crippen molar-refractivity contribution in [1.29, 1.82) is 0 Å². The molecule has 0 amide bonds. The predicted octanol–water partition coefficient (Wildman–Crippen LogP) is 0.0693. The second-order valence-electron chi connectivity index (χ2n) is 15.9. The van der Waals surface area contributed by atoms with Gasteiger partial charge in [0.2, 0.25) is 0 Å². The van der Waals surface area contributed by atoms with Crippen molar-refractivity contribution in [3.8, 4) is 0 Å². The van der Waals surface area contributed by atoms with Crippen LogP contribution in [-0.4, -0.2) is 80.6 Å². The van der Waals surface area contributed by atoms with Crippen molar-refractivity contribution in [2.45, 2.75) is 96.9 Å². The molecule has 238 valence electrons. The Balaban J connectivity index is 0.00000202. The van der Waals surface area contributed by atoms with Crippen LogP contribution in [0.25, 0.3) is 0 Å². The number of hydrogen-bond acceptors (Lipinski definition) is 3. The molecule has 1 aliphatic heterocycles. The lowest BCUT2D eigenvalue weighted by atomic mass is 9.45. The molecule has 0 spiro atoms. The molecule has 9 atom stereocenters. The van der Waals surface area contributed by atoms with E-state index in [1.807, 2.05) is 0 Å². The molecule has 0 unspecified atom stereocenters. The van der Waals surface area contributed by atoms with E-state index in [-0.39, 0.29) is 65.4 Å². The molecule has 1 heterocycles. The molecule has 0 aromatic heterocycles. The van der Waals surface area contributed by atoms with E-state index < -0.39 is 0 Å². The third-order valence-electron chi connectivity index (χ3n) is 13.6. The number of likely N-dealkylation sites (N-methyl/N-ethyl adjacent to an activating group) is 1. The average molecular weight is 807 g/mol. The van der Waals surface area contributed by atoms with Crippen LogP contribution in [0.4, 0.5) is 0 Å². The maximum absolute atomic E-state index is 12.4. The first-order chi connectivity index (χ1) is 19.0. The summed E-state index contributed by atoms with van der Waals surface area (Å²) in [4.78, 5) is 12.4. The van der Waals surface area contributed by atoms with Gasteiger partial charge in [-0.1, -0.05) is 44.2 Å². The van der Waals surface area contributed by atoms with Crippen LogP contribution in [0.15, 0.2) is 30.3 Å². The Morgan fingerprint density at radius 2 is 1.62 bits per heavy atom. The minimum atomic E-state index is -0.0934. The van der Waals surface area contributed by atoms with Crippen LogP contribution in [0.5, 0.6) is 0 Å². The van der Waals surface area contributed by atoms with Crippen molar-refractivity contribution >= 4 is 5.97 Å². The van der Waals surface area contributed by atoms with Gasteiger partial charge in [-0.25, -0.2) is 0 Å². The number of benzene rings is 1. The molecule has 1 aromatic rings. The molecule has 4 saturated carbocycles. The highest BCUT2D eigenvalue weighted by atomic mass is 127. The van der Waals surface area contributed by atoms with E-state index in [9.17, 15) is 4.79 Å². The number of halogens is 2.